The van der Waals surface area contributed by atoms with Gasteiger partial charge < -0.3 is 13.6 Å². The number of epoxide rings is 1. The summed E-state index contributed by atoms with van der Waals surface area (Å²) in [6.45, 7) is 12.7. The Kier molecular flexibility index (Phi) is 4.98. The maximum absolute atomic E-state index is 6.12. The molecule has 0 amide bonds. The van der Waals surface area contributed by atoms with E-state index >= 15 is 0 Å². The predicted molar refractivity (Wildman–Crippen MR) is 65.8 cm³/mol. The first-order valence-electron chi connectivity index (χ1n) is 5.68. The highest BCUT2D eigenvalue weighted by atomic mass is 28.4. The normalized spacial score (nSPS) is 23.2. The highest BCUT2D eigenvalue weighted by molar-refractivity contribution is 6.78. The number of hydrogen-bond acceptors (Lipinski definition) is 3. The monoisotopic (exact) mass is 247 g/mol. The molecule has 1 rings (SSSR count). The molecule has 1 aliphatic heterocycles. The van der Waals surface area contributed by atoms with E-state index in [0.717, 1.165) is 19.6 Å². The van der Waals surface area contributed by atoms with Crippen molar-refractivity contribution in [1.82, 2.24) is 0 Å². The van der Waals surface area contributed by atoms with Crippen LogP contribution in [0.25, 0.3) is 0 Å². The van der Waals surface area contributed by atoms with Gasteiger partial charge in [-0.05, 0) is 32.6 Å². The van der Waals surface area contributed by atoms with Crippen LogP contribution >= 0.6 is 0 Å². The van der Waals surface area contributed by atoms with E-state index in [-0.39, 0.29) is 0 Å². The van der Waals surface area contributed by atoms with Gasteiger partial charge in [-0.2, -0.15) is 0 Å². The minimum absolute atomic E-state index is 0.307. The second-order valence-corrected chi connectivity index (χ2v) is 11.3. The lowest BCUT2D eigenvalue weighted by Gasteiger charge is -2.33. The first kappa shape index (κ1) is 13.4. The molecule has 1 heterocycles. The molecule has 1 fully saturated rings. The zero-order chi connectivity index (χ0) is 11.5. The fraction of sp³-hybridized carbons (Fsp3) is 1.00. The van der Waals surface area contributed by atoms with Crippen LogP contribution in [-0.4, -0.2) is 42.4 Å². The van der Waals surface area contributed by atoms with Crippen molar-refractivity contribution < 1.29 is 13.6 Å². The topological polar surface area (TPSA) is 31.0 Å². The number of hydrogen-bond donors (Lipinski definition) is 0. The van der Waals surface area contributed by atoms with Crippen LogP contribution in [0.4, 0.5) is 0 Å². The van der Waals surface area contributed by atoms with E-state index in [1.54, 1.807) is 0 Å². The Balaban J connectivity index is 2.38. The highest BCUT2D eigenvalue weighted by Gasteiger charge is 2.35. The van der Waals surface area contributed by atoms with Gasteiger partial charge in [-0.25, -0.2) is 0 Å². The maximum atomic E-state index is 6.12. The van der Waals surface area contributed by atoms with Gasteiger partial charge in [-0.1, -0.05) is 6.92 Å². The third-order valence-corrected chi connectivity index (χ3v) is 8.36. The SMILES string of the molecule is CCC(OCC1CO1)[Si](C)(C)O[Si](C)C. The molecule has 89 valence electrons. The molecule has 0 bridgehead atoms. The average Bonchev–Trinajstić information content (AvgIpc) is 2.85. The van der Waals surface area contributed by atoms with Gasteiger partial charge >= 0.3 is 0 Å². The van der Waals surface area contributed by atoms with Crippen LogP contribution in [0.1, 0.15) is 13.3 Å². The van der Waals surface area contributed by atoms with Gasteiger partial charge in [-0.15, -0.1) is 0 Å². The average molecular weight is 247 g/mol. The van der Waals surface area contributed by atoms with E-state index in [1.165, 1.54) is 0 Å². The third kappa shape index (κ3) is 4.78. The number of rotatable bonds is 7. The third-order valence-electron chi connectivity index (χ3n) is 2.50. The standard InChI is InChI=1S/C10H23O3Si2/c1-6-10(12-8-9-7-11-9)15(4,5)13-14(2)3/h9-10H,6-8H2,1-5H3. The molecule has 0 aromatic carbocycles. The molecule has 0 spiro atoms. The van der Waals surface area contributed by atoms with Gasteiger partial charge in [0.05, 0.1) is 18.9 Å². The van der Waals surface area contributed by atoms with Crippen molar-refractivity contribution in [3.05, 3.63) is 0 Å². The van der Waals surface area contributed by atoms with E-state index in [9.17, 15) is 0 Å². The van der Waals surface area contributed by atoms with E-state index < -0.39 is 17.4 Å². The highest BCUT2D eigenvalue weighted by Crippen LogP contribution is 2.20. The summed E-state index contributed by atoms with van der Waals surface area (Å²) in [5.41, 5.74) is 0.307. The van der Waals surface area contributed by atoms with Gasteiger partial charge in [-0.3, -0.25) is 0 Å². The Hall–Kier alpha value is 0.314. The zero-order valence-electron chi connectivity index (χ0n) is 10.5. The van der Waals surface area contributed by atoms with Crippen molar-refractivity contribution in [2.45, 2.75) is 51.4 Å². The number of ether oxygens (including phenoxy) is 2. The van der Waals surface area contributed by atoms with E-state index in [2.05, 4.69) is 33.1 Å². The molecule has 2 unspecified atom stereocenters. The largest absolute Gasteiger partial charge is 0.454 e. The van der Waals surface area contributed by atoms with Crippen molar-refractivity contribution in [3.8, 4) is 0 Å². The molecule has 0 aliphatic carbocycles. The summed E-state index contributed by atoms with van der Waals surface area (Å²) in [6.07, 6.45) is 1.40. The first-order valence-corrected chi connectivity index (χ1v) is 11.1. The lowest BCUT2D eigenvalue weighted by atomic mass is 10.5. The summed E-state index contributed by atoms with van der Waals surface area (Å²) in [5, 5.41) is 0. The molecule has 3 nitrogen and oxygen atoms in total. The Morgan fingerprint density at radius 3 is 2.47 bits per heavy atom. The van der Waals surface area contributed by atoms with Gasteiger partial charge in [0.2, 0.25) is 8.32 Å². The van der Waals surface area contributed by atoms with Crippen molar-refractivity contribution in [3.63, 3.8) is 0 Å². The van der Waals surface area contributed by atoms with Crippen molar-refractivity contribution >= 4 is 17.4 Å². The van der Waals surface area contributed by atoms with Crippen LogP contribution in [0, 0.1) is 0 Å². The maximum Gasteiger partial charge on any atom is 0.202 e. The summed E-state index contributed by atoms with van der Waals surface area (Å²) < 4.78 is 17.2. The van der Waals surface area contributed by atoms with E-state index in [0.29, 0.717) is 11.8 Å². The van der Waals surface area contributed by atoms with Crippen LogP contribution in [0.2, 0.25) is 26.2 Å². The van der Waals surface area contributed by atoms with Gasteiger partial charge in [0.25, 0.3) is 0 Å². The predicted octanol–water partition coefficient (Wildman–Crippen LogP) is 2.19. The Labute approximate surface area is 96.0 Å². The summed E-state index contributed by atoms with van der Waals surface area (Å²) in [6, 6.07) is 0. The second kappa shape index (κ2) is 5.59. The fourth-order valence-electron chi connectivity index (χ4n) is 1.79. The fourth-order valence-corrected chi connectivity index (χ4v) is 8.01. The second-order valence-electron chi connectivity index (χ2n) is 4.80. The van der Waals surface area contributed by atoms with Gasteiger partial charge in [0.1, 0.15) is 6.10 Å². The molecule has 0 saturated carbocycles. The smallest absolute Gasteiger partial charge is 0.202 e. The minimum atomic E-state index is -1.67. The van der Waals surface area contributed by atoms with E-state index in [4.69, 9.17) is 13.6 Å². The van der Waals surface area contributed by atoms with Gasteiger partial charge in [0.15, 0.2) is 9.04 Å². The lowest BCUT2D eigenvalue weighted by Crippen LogP contribution is -2.49. The molecule has 15 heavy (non-hydrogen) atoms. The Morgan fingerprint density at radius 1 is 1.47 bits per heavy atom. The van der Waals surface area contributed by atoms with Crippen LogP contribution in [0.3, 0.4) is 0 Å². The minimum Gasteiger partial charge on any atom is -0.454 e. The molecule has 2 atom stereocenters. The molecule has 0 N–H and O–H groups in total. The van der Waals surface area contributed by atoms with Crippen LogP contribution < -0.4 is 0 Å². The molecular weight excluding hydrogens is 224 g/mol. The van der Waals surface area contributed by atoms with Crippen LogP contribution in [0.15, 0.2) is 0 Å². The van der Waals surface area contributed by atoms with Crippen LogP contribution in [0.5, 0.6) is 0 Å². The van der Waals surface area contributed by atoms with Crippen molar-refractivity contribution in [1.29, 1.82) is 0 Å². The summed E-state index contributed by atoms with van der Waals surface area (Å²) >= 11 is 0. The molecule has 1 radical (unpaired) electrons. The molecule has 0 aromatic rings. The Morgan fingerprint density at radius 2 is 2.07 bits per heavy atom. The lowest BCUT2D eigenvalue weighted by molar-refractivity contribution is 0.0751. The zero-order valence-corrected chi connectivity index (χ0v) is 12.5. The summed E-state index contributed by atoms with van der Waals surface area (Å²) in [5.74, 6) is 0. The Bertz CT molecular complexity index is 193. The molecule has 1 saturated heterocycles. The van der Waals surface area contributed by atoms with Crippen LogP contribution in [-0.2, 0) is 13.6 Å². The van der Waals surface area contributed by atoms with Gasteiger partial charge in [0, 0.05) is 0 Å². The quantitative estimate of drug-likeness (QED) is 0.510. The summed E-state index contributed by atoms with van der Waals surface area (Å²) in [4.78, 5) is 0. The molecule has 0 aromatic heterocycles. The van der Waals surface area contributed by atoms with Crippen molar-refractivity contribution in [2.24, 2.45) is 0 Å². The van der Waals surface area contributed by atoms with Crippen molar-refractivity contribution in [2.75, 3.05) is 13.2 Å². The summed E-state index contributed by atoms with van der Waals surface area (Å²) in [7, 11) is -2.29. The molecule has 1 aliphatic rings. The molecular formula is C10H23O3Si2. The first-order chi connectivity index (χ1) is 6.95. The molecule has 5 heteroatoms. The van der Waals surface area contributed by atoms with E-state index in [1.807, 2.05) is 0 Å².